The summed E-state index contributed by atoms with van der Waals surface area (Å²) in [6, 6.07) is 11.3. The second-order valence-electron chi connectivity index (χ2n) is 5.71. The van der Waals surface area contributed by atoms with E-state index in [-0.39, 0.29) is 12.3 Å². The molecule has 4 aromatic rings. The molecule has 1 amide bonds. The molecule has 8 nitrogen and oxygen atoms in total. The summed E-state index contributed by atoms with van der Waals surface area (Å²) in [6.07, 6.45) is 2.09. The first-order valence-electron chi connectivity index (χ1n) is 8.36. The molecule has 0 spiro atoms. The molecule has 0 saturated carbocycles. The van der Waals surface area contributed by atoms with Crippen LogP contribution in [0.4, 0.5) is 5.95 Å². The van der Waals surface area contributed by atoms with Gasteiger partial charge in [0, 0.05) is 19.4 Å². The summed E-state index contributed by atoms with van der Waals surface area (Å²) in [6.45, 7) is 2.73. The van der Waals surface area contributed by atoms with Gasteiger partial charge in [-0.1, -0.05) is 17.3 Å². The number of para-hydroxylation sites is 2. The zero-order valence-electron chi connectivity index (χ0n) is 14.2. The molecule has 0 atom stereocenters. The van der Waals surface area contributed by atoms with Gasteiger partial charge in [0.15, 0.2) is 5.76 Å². The molecule has 132 valence electrons. The summed E-state index contributed by atoms with van der Waals surface area (Å²) in [5, 5.41) is 6.71. The molecule has 1 aromatic carbocycles. The summed E-state index contributed by atoms with van der Waals surface area (Å²) >= 11 is 0. The zero-order valence-corrected chi connectivity index (χ0v) is 14.2. The number of nitrogens with zero attached hydrogens (tertiary/aromatic N) is 4. The number of rotatable bonds is 6. The smallest absolute Gasteiger partial charge is 0.238 e. The number of imidazole rings is 1. The number of benzene rings is 1. The summed E-state index contributed by atoms with van der Waals surface area (Å²) in [5.41, 5.74) is 1.84. The Morgan fingerprint density at radius 3 is 2.88 bits per heavy atom. The summed E-state index contributed by atoms with van der Waals surface area (Å²) in [7, 11) is 0. The first kappa shape index (κ1) is 16.1. The quantitative estimate of drug-likeness (QED) is 0.572. The van der Waals surface area contributed by atoms with Gasteiger partial charge in [0.1, 0.15) is 0 Å². The van der Waals surface area contributed by atoms with Crippen molar-refractivity contribution in [2.75, 3.05) is 5.32 Å². The van der Waals surface area contributed by atoms with E-state index in [0.717, 1.165) is 11.0 Å². The highest BCUT2D eigenvalue weighted by Gasteiger charge is 2.15. The molecular weight excluding hydrogens is 334 g/mol. The topological polar surface area (TPSA) is 99.0 Å². The fourth-order valence-electron chi connectivity index (χ4n) is 2.76. The minimum absolute atomic E-state index is 0.159. The third-order valence-electron chi connectivity index (χ3n) is 4.00. The van der Waals surface area contributed by atoms with Gasteiger partial charge in [0.25, 0.3) is 0 Å². The van der Waals surface area contributed by atoms with Crippen molar-refractivity contribution < 1.29 is 13.7 Å². The average Bonchev–Trinajstić information content (AvgIpc) is 3.38. The van der Waals surface area contributed by atoms with Gasteiger partial charge in [-0.2, -0.15) is 4.98 Å². The van der Waals surface area contributed by atoms with E-state index in [1.807, 2.05) is 35.8 Å². The number of nitrogens with one attached hydrogen (secondary N) is 1. The number of fused-ring (bicyclic) bond motifs is 1. The average molecular weight is 351 g/mol. The van der Waals surface area contributed by atoms with Crippen LogP contribution in [-0.4, -0.2) is 25.6 Å². The Balaban J connectivity index is 1.42. The number of amides is 1. The summed E-state index contributed by atoms with van der Waals surface area (Å²) in [5.74, 6) is 1.67. The molecule has 26 heavy (non-hydrogen) atoms. The molecule has 0 unspecified atom stereocenters. The minimum Gasteiger partial charge on any atom is -0.461 e. The van der Waals surface area contributed by atoms with Crippen molar-refractivity contribution in [3.63, 3.8) is 0 Å². The number of aromatic nitrogens is 4. The van der Waals surface area contributed by atoms with Crippen LogP contribution in [-0.2, 0) is 17.8 Å². The monoisotopic (exact) mass is 351 g/mol. The van der Waals surface area contributed by atoms with Gasteiger partial charge in [-0.15, -0.1) is 0 Å². The van der Waals surface area contributed by atoms with Gasteiger partial charge < -0.3 is 13.5 Å². The van der Waals surface area contributed by atoms with Crippen LogP contribution in [0.2, 0.25) is 0 Å². The van der Waals surface area contributed by atoms with Crippen LogP contribution in [0.25, 0.3) is 22.6 Å². The van der Waals surface area contributed by atoms with Crippen LogP contribution in [0.5, 0.6) is 0 Å². The fourth-order valence-corrected chi connectivity index (χ4v) is 2.76. The SMILES string of the molecule is CCn1c(NC(=O)CCc2nc(-c3ccco3)no2)nc2ccccc21. The second-order valence-corrected chi connectivity index (χ2v) is 5.71. The molecule has 3 heterocycles. The number of aryl methyl sites for hydroxylation is 2. The van der Waals surface area contributed by atoms with Crippen LogP contribution < -0.4 is 5.32 Å². The number of anilines is 1. The number of hydrogen-bond donors (Lipinski definition) is 1. The first-order chi connectivity index (χ1) is 12.7. The van der Waals surface area contributed by atoms with Crippen molar-refractivity contribution in [3.05, 3.63) is 48.6 Å². The van der Waals surface area contributed by atoms with Crippen LogP contribution >= 0.6 is 0 Å². The lowest BCUT2D eigenvalue weighted by atomic mass is 10.3. The molecule has 8 heteroatoms. The van der Waals surface area contributed by atoms with E-state index in [9.17, 15) is 4.79 Å². The molecule has 0 aliphatic heterocycles. The Kier molecular flexibility index (Phi) is 4.22. The van der Waals surface area contributed by atoms with Crippen molar-refractivity contribution in [2.45, 2.75) is 26.3 Å². The molecule has 4 rings (SSSR count). The Labute approximate surface area is 148 Å². The van der Waals surface area contributed by atoms with E-state index >= 15 is 0 Å². The maximum absolute atomic E-state index is 12.3. The highest BCUT2D eigenvalue weighted by Crippen LogP contribution is 2.20. The molecule has 0 bridgehead atoms. The van der Waals surface area contributed by atoms with E-state index in [2.05, 4.69) is 20.4 Å². The number of carbonyl (C=O) groups is 1. The standard InChI is InChI=1S/C18H17N5O3/c1-2-23-13-7-4-3-6-12(13)19-18(23)20-15(24)9-10-16-21-17(22-26-16)14-8-5-11-25-14/h3-8,11H,2,9-10H2,1H3,(H,19,20,24). The molecule has 0 fully saturated rings. The molecule has 3 aromatic heterocycles. The Bertz CT molecular complexity index is 1030. The van der Waals surface area contributed by atoms with Crippen LogP contribution in [0, 0.1) is 0 Å². The van der Waals surface area contributed by atoms with Gasteiger partial charge in [0.2, 0.25) is 23.6 Å². The summed E-state index contributed by atoms with van der Waals surface area (Å²) < 4.78 is 12.3. The van der Waals surface area contributed by atoms with E-state index in [1.54, 1.807) is 18.4 Å². The third kappa shape index (κ3) is 3.08. The van der Waals surface area contributed by atoms with E-state index in [1.165, 1.54) is 0 Å². The largest absolute Gasteiger partial charge is 0.461 e. The van der Waals surface area contributed by atoms with E-state index < -0.39 is 0 Å². The molecule has 0 saturated heterocycles. The first-order valence-corrected chi connectivity index (χ1v) is 8.36. The van der Waals surface area contributed by atoms with Gasteiger partial charge in [0.05, 0.1) is 17.3 Å². The highest BCUT2D eigenvalue weighted by molar-refractivity contribution is 5.91. The lowest BCUT2D eigenvalue weighted by Crippen LogP contribution is -2.16. The van der Waals surface area contributed by atoms with Crippen molar-refractivity contribution >= 4 is 22.9 Å². The van der Waals surface area contributed by atoms with Crippen molar-refractivity contribution in [1.82, 2.24) is 19.7 Å². The minimum atomic E-state index is -0.159. The predicted octanol–water partition coefficient (Wildman–Crippen LogP) is 3.27. The molecule has 0 aliphatic rings. The van der Waals surface area contributed by atoms with Crippen molar-refractivity contribution in [2.24, 2.45) is 0 Å². The number of carbonyl (C=O) groups excluding carboxylic acids is 1. The number of hydrogen-bond acceptors (Lipinski definition) is 6. The Morgan fingerprint density at radius 1 is 1.19 bits per heavy atom. The normalized spacial score (nSPS) is 11.1. The van der Waals surface area contributed by atoms with Crippen LogP contribution in [0.3, 0.4) is 0 Å². The van der Waals surface area contributed by atoms with E-state index in [4.69, 9.17) is 8.94 Å². The maximum Gasteiger partial charge on any atom is 0.238 e. The lowest BCUT2D eigenvalue weighted by Gasteiger charge is -2.06. The molecule has 0 aliphatic carbocycles. The maximum atomic E-state index is 12.3. The fraction of sp³-hybridized carbons (Fsp3) is 0.222. The van der Waals surface area contributed by atoms with Gasteiger partial charge in [-0.25, -0.2) is 4.98 Å². The zero-order chi connectivity index (χ0) is 17.9. The number of furan rings is 1. The lowest BCUT2D eigenvalue weighted by molar-refractivity contribution is -0.116. The van der Waals surface area contributed by atoms with Crippen LogP contribution in [0.15, 0.2) is 51.6 Å². The van der Waals surface area contributed by atoms with Gasteiger partial charge >= 0.3 is 0 Å². The van der Waals surface area contributed by atoms with Crippen molar-refractivity contribution in [1.29, 1.82) is 0 Å². The Hall–Kier alpha value is -3.42. The highest BCUT2D eigenvalue weighted by atomic mass is 16.5. The third-order valence-corrected chi connectivity index (χ3v) is 4.00. The van der Waals surface area contributed by atoms with Gasteiger partial charge in [-0.3, -0.25) is 10.1 Å². The molecule has 0 radical (unpaired) electrons. The Morgan fingerprint density at radius 2 is 2.08 bits per heavy atom. The molecule has 1 N–H and O–H groups in total. The molecular formula is C18H17N5O3. The van der Waals surface area contributed by atoms with Crippen molar-refractivity contribution in [3.8, 4) is 11.6 Å². The second kappa shape index (κ2) is 6.83. The van der Waals surface area contributed by atoms with Gasteiger partial charge in [-0.05, 0) is 31.2 Å². The van der Waals surface area contributed by atoms with E-state index in [0.29, 0.717) is 36.4 Å². The predicted molar refractivity (Wildman–Crippen MR) is 94.4 cm³/mol. The van der Waals surface area contributed by atoms with Crippen LogP contribution in [0.1, 0.15) is 19.2 Å². The summed E-state index contributed by atoms with van der Waals surface area (Å²) in [4.78, 5) is 21.0.